The molecule has 1 unspecified atom stereocenters. The Bertz CT molecular complexity index is 531. The molecule has 0 fully saturated rings. The molecule has 19 heavy (non-hydrogen) atoms. The van der Waals surface area contributed by atoms with E-state index in [1.165, 1.54) is 0 Å². The number of benzene rings is 1. The van der Waals surface area contributed by atoms with E-state index in [1.807, 2.05) is 18.2 Å². The van der Waals surface area contributed by atoms with E-state index < -0.39 is 0 Å². The van der Waals surface area contributed by atoms with Gasteiger partial charge in [-0.15, -0.1) is 0 Å². The van der Waals surface area contributed by atoms with Gasteiger partial charge in [0.2, 0.25) is 0 Å². The highest BCUT2D eigenvalue weighted by atomic mass is 16.5. The van der Waals surface area contributed by atoms with Crippen molar-refractivity contribution in [1.82, 2.24) is 9.97 Å². The third-order valence-corrected chi connectivity index (χ3v) is 2.95. The SMILES string of the molecule is COc1ccc(OC)c(C(CN)c2ncccn2)c1. The Labute approximate surface area is 112 Å². The molecule has 1 aromatic heterocycles. The molecule has 1 heterocycles. The number of aromatic nitrogens is 2. The molecule has 2 rings (SSSR count). The number of ether oxygens (including phenoxy) is 2. The minimum atomic E-state index is -0.119. The van der Waals surface area contributed by atoms with Crippen LogP contribution in [0.3, 0.4) is 0 Å². The lowest BCUT2D eigenvalue weighted by atomic mass is 9.97. The lowest BCUT2D eigenvalue weighted by Gasteiger charge is -2.17. The quantitative estimate of drug-likeness (QED) is 0.882. The maximum Gasteiger partial charge on any atom is 0.137 e. The van der Waals surface area contributed by atoms with Gasteiger partial charge in [0.1, 0.15) is 17.3 Å². The number of rotatable bonds is 5. The molecule has 1 atom stereocenters. The fourth-order valence-corrected chi connectivity index (χ4v) is 1.97. The van der Waals surface area contributed by atoms with Gasteiger partial charge in [-0.05, 0) is 24.3 Å². The van der Waals surface area contributed by atoms with Gasteiger partial charge in [0.15, 0.2) is 0 Å². The van der Waals surface area contributed by atoms with Gasteiger partial charge in [-0.1, -0.05) is 0 Å². The summed E-state index contributed by atoms with van der Waals surface area (Å²) in [5, 5.41) is 0. The third-order valence-electron chi connectivity index (χ3n) is 2.95. The number of nitrogens with zero attached hydrogens (tertiary/aromatic N) is 2. The molecule has 5 heteroatoms. The first-order valence-electron chi connectivity index (χ1n) is 5.99. The van der Waals surface area contributed by atoms with Crippen LogP contribution >= 0.6 is 0 Å². The van der Waals surface area contributed by atoms with Gasteiger partial charge in [0.25, 0.3) is 0 Å². The van der Waals surface area contributed by atoms with Crippen LogP contribution in [0.4, 0.5) is 0 Å². The Balaban J connectivity index is 2.48. The van der Waals surface area contributed by atoms with Crippen molar-refractivity contribution in [1.29, 1.82) is 0 Å². The molecule has 0 amide bonds. The molecule has 0 saturated heterocycles. The fraction of sp³-hybridized carbons (Fsp3) is 0.286. The zero-order valence-electron chi connectivity index (χ0n) is 11.0. The number of methoxy groups -OCH3 is 2. The van der Waals surface area contributed by atoms with Crippen molar-refractivity contribution in [3.63, 3.8) is 0 Å². The van der Waals surface area contributed by atoms with Crippen molar-refractivity contribution in [2.45, 2.75) is 5.92 Å². The maximum absolute atomic E-state index is 5.88. The molecule has 1 aromatic carbocycles. The van der Waals surface area contributed by atoms with Crippen LogP contribution < -0.4 is 15.2 Å². The maximum atomic E-state index is 5.88. The fourth-order valence-electron chi connectivity index (χ4n) is 1.97. The van der Waals surface area contributed by atoms with Crippen LogP contribution in [0.15, 0.2) is 36.7 Å². The van der Waals surface area contributed by atoms with Gasteiger partial charge in [-0.2, -0.15) is 0 Å². The summed E-state index contributed by atoms with van der Waals surface area (Å²) in [6.45, 7) is 0.396. The summed E-state index contributed by atoms with van der Waals surface area (Å²) >= 11 is 0. The van der Waals surface area contributed by atoms with Crippen LogP contribution in [0.5, 0.6) is 11.5 Å². The first-order chi connectivity index (χ1) is 9.30. The van der Waals surface area contributed by atoms with Crippen LogP contribution in [0.25, 0.3) is 0 Å². The topological polar surface area (TPSA) is 70.3 Å². The average molecular weight is 259 g/mol. The van der Waals surface area contributed by atoms with Crippen molar-refractivity contribution >= 4 is 0 Å². The van der Waals surface area contributed by atoms with Crippen LogP contribution in [-0.4, -0.2) is 30.7 Å². The number of hydrogen-bond donors (Lipinski definition) is 1. The second kappa shape index (κ2) is 6.15. The average Bonchev–Trinajstić information content (AvgIpc) is 2.49. The minimum Gasteiger partial charge on any atom is -0.497 e. The lowest BCUT2D eigenvalue weighted by molar-refractivity contribution is 0.396. The van der Waals surface area contributed by atoms with Crippen molar-refractivity contribution in [2.24, 2.45) is 5.73 Å². The smallest absolute Gasteiger partial charge is 0.137 e. The summed E-state index contributed by atoms with van der Waals surface area (Å²) in [6.07, 6.45) is 3.41. The van der Waals surface area contributed by atoms with E-state index in [4.69, 9.17) is 15.2 Å². The molecule has 0 saturated carbocycles. The molecule has 2 N–H and O–H groups in total. The van der Waals surface area contributed by atoms with Crippen LogP contribution in [0.1, 0.15) is 17.3 Å². The Morgan fingerprint density at radius 3 is 2.47 bits per heavy atom. The van der Waals surface area contributed by atoms with E-state index in [0.717, 1.165) is 17.1 Å². The number of hydrogen-bond acceptors (Lipinski definition) is 5. The molecule has 0 aliphatic rings. The summed E-state index contributed by atoms with van der Waals surface area (Å²) in [7, 11) is 3.26. The zero-order valence-corrected chi connectivity index (χ0v) is 11.0. The van der Waals surface area contributed by atoms with Gasteiger partial charge >= 0.3 is 0 Å². The van der Waals surface area contributed by atoms with Gasteiger partial charge in [-0.3, -0.25) is 0 Å². The summed E-state index contributed by atoms with van der Waals surface area (Å²) in [5.41, 5.74) is 6.80. The summed E-state index contributed by atoms with van der Waals surface area (Å²) < 4.78 is 10.6. The van der Waals surface area contributed by atoms with Crippen LogP contribution in [0.2, 0.25) is 0 Å². The monoisotopic (exact) mass is 259 g/mol. The predicted octanol–water partition coefficient (Wildman–Crippen LogP) is 1.58. The molecular weight excluding hydrogens is 242 g/mol. The van der Waals surface area contributed by atoms with E-state index in [1.54, 1.807) is 32.7 Å². The molecular formula is C14H17N3O2. The Morgan fingerprint density at radius 2 is 1.89 bits per heavy atom. The molecule has 0 aliphatic carbocycles. The highest BCUT2D eigenvalue weighted by molar-refractivity contribution is 5.44. The molecule has 0 spiro atoms. The van der Waals surface area contributed by atoms with E-state index in [-0.39, 0.29) is 5.92 Å². The summed E-state index contributed by atoms with van der Waals surface area (Å²) in [5.74, 6) is 2.07. The highest BCUT2D eigenvalue weighted by Crippen LogP contribution is 2.32. The lowest BCUT2D eigenvalue weighted by Crippen LogP contribution is -2.17. The standard InChI is InChI=1S/C14H17N3O2/c1-18-10-4-5-13(19-2)11(8-10)12(9-15)14-16-6-3-7-17-14/h3-8,12H,9,15H2,1-2H3. The normalized spacial score (nSPS) is 11.9. The Morgan fingerprint density at radius 1 is 1.16 bits per heavy atom. The molecule has 0 radical (unpaired) electrons. The van der Waals surface area contributed by atoms with E-state index in [9.17, 15) is 0 Å². The third kappa shape index (κ3) is 2.82. The van der Waals surface area contributed by atoms with Crippen LogP contribution in [0, 0.1) is 0 Å². The van der Waals surface area contributed by atoms with E-state index >= 15 is 0 Å². The Hall–Kier alpha value is -2.14. The van der Waals surface area contributed by atoms with Crippen molar-refractivity contribution in [3.05, 3.63) is 48.0 Å². The number of nitrogens with two attached hydrogens (primary N) is 1. The zero-order chi connectivity index (χ0) is 13.7. The van der Waals surface area contributed by atoms with Crippen molar-refractivity contribution in [3.8, 4) is 11.5 Å². The largest absolute Gasteiger partial charge is 0.497 e. The van der Waals surface area contributed by atoms with Crippen molar-refractivity contribution in [2.75, 3.05) is 20.8 Å². The second-order valence-corrected chi connectivity index (χ2v) is 4.00. The van der Waals surface area contributed by atoms with Crippen molar-refractivity contribution < 1.29 is 9.47 Å². The molecule has 5 nitrogen and oxygen atoms in total. The van der Waals surface area contributed by atoms with Crippen LogP contribution in [-0.2, 0) is 0 Å². The molecule has 2 aromatic rings. The first-order valence-corrected chi connectivity index (χ1v) is 5.99. The summed E-state index contributed by atoms with van der Waals surface area (Å²) in [4.78, 5) is 8.54. The molecule has 100 valence electrons. The van der Waals surface area contributed by atoms with E-state index in [0.29, 0.717) is 12.4 Å². The van der Waals surface area contributed by atoms with Gasteiger partial charge in [0, 0.05) is 24.5 Å². The molecule has 0 bridgehead atoms. The Kier molecular flexibility index (Phi) is 4.30. The highest BCUT2D eigenvalue weighted by Gasteiger charge is 2.20. The van der Waals surface area contributed by atoms with Gasteiger partial charge < -0.3 is 15.2 Å². The molecule has 0 aliphatic heterocycles. The summed E-state index contributed by atoms with van der Waals surface area (Å²) in [6, 6.07) is 7.40. The second-order valence-electron chi connectivity index (χ2n) is 4.00. The van der Waals surface area contributed by atoms with Gasteiger partial charge in [-0.25, -0.2) is 9.97 Å². The van der Waals surface area contributed by atoms with Gasteiger partial charge in [0.05, 0.1) is 20.1 Å². The van der Waals surface area contributed by atoms with E-state index in [2.05, 4.69) is 9.97 Å². The minimum absolute atomic E-state index is 0.119. The predicted molar refractivity (Wildman–Crippen MR) is 72.5 cm³/mol. The first kappa shape index (κ1) is 13.3.